The third-order valence-corrected chi connectivity index (χ3v) is 6.61. The number of hydrogen-bond acceptors (Lipinski definition) is 5. The van der Waals surface area contributed by atoms with Gasteiger partial charge in [-0.15, -0.1) is 11.3 Å². The molecule has 3 heterocycles. The Labute approximate surface area is 178 Å². The number of thiophene rings is 1. The smallest absolute Gasteiger partial charge is 0.264 e. The number of nitrogens with zero attached hydrogens (tertiary/aromatic N) is 4. The van der Waals surface area contributed by atoms with Gasteiger partial charge in [0.25, 0.3) is 5.91 Å². The first-order valence-electron chi connectivity index (χ1n) is 9.60. The van der Waals surface area contributed by atoms with Gasteiger partial charge in [-0.05, 0) is 38.0 Å². The highest BCUT2D eigenvalue weighted by atomic mass is 35.5. The Morgan fingerprint density at radius 3 is 2.90 bits per heavy atom. The molecule has 1 aliphatic heterocycles. The normalized spacial score (nSPS) is 14.8. The first-order chi connectivity index (χ1) is 14.1. The molecule has 3 aromatic rings. The maximum atomic E-state index is 13.4. The molecule has 1 aromatic carbocycles. The highest BCUT2D eigenvalue weighted by Gasteiger charge is 2.28. The van der Waals surface area contributed by atoms with E-state index in [1.54, 1.807) is 0 Å². The van der Waals surface area contributed by atoms with E-state index in [1.165, 1.54) is 11.3 Å². The largest absolute Gasteiger partial charge is 0.381 e. The van der Waals surface area contributed by atoms with Crippen molar-refractivity contribution in [3.8, 4) is 11.8 Å². The van der Waals surface area contributed by atoms with E-state index in [9.17, 15) is 4.79 Å². The van der Waals surface area contributed by atoms with E-state index >= 15 is 0 Å². The maximum Gasteiger partial charge on any atom is 0.264 e. The number of amides is 1. The summed E-state index contributed by atoms with van der Waals surface area (Å²) >= 11 is 7.79. The Morgan fingerprint density at radius 1 is 1.41 bits per heavy atom. The van der Waals surface area contributed by atoms with Crippen LogP contribution >= 0.6 is 22.9 Å². The minimum atomic E-state index is -0.0292. The number of hydrogen-bond donors (Lipinski definition) is 0. The third kappa shape index (κ3) is 3.88. The number of ether oxygens (including phenoxy) is 1. The van der Waals surface area contributed by atoms with E-state index in [0.29, 0.717) is 36.1 Å². The van der Waals surface area contributed by atoms with Gasteiger partial charge in [-0.2, -0.15) is 10.4 Å². The fraction of sp³-hybridized carbons (Fsp3) is 0.381. The van der Waals surface area contributed by atoms with Crippen LogP contribution in [0.2, 0.25) is 5.02 Å². The molecule has 1 aliphatic rings. The second-order valence-corrected chi connectivity index (χ2v) is 8.47. The number of carbonyl (C=O) groups is 1. The highest BCUT2D eigenvalue weighted by Crippen LogP contribution is 2.33. The first-order valence-corrected chi connectivity index (χ1v) is 10.8. The van der Waals surface area contributed by atoms with Crippen molar-refractivity contribution in [1.82, 2.24) is 14.7 Å². The Balaban J connectivity index is 1.71. The zero-order valence-electron chi connectivity index (χ0n) is 16.1. The van der Waals surface area contributed by atoms with Gasteiger partial charge in [-0.3, -0.25) is 4.79 Å². The minimum Gasteiger partial charge on any atom is -0.381 e. The zero-order valence-corrected chi connectivity index (χ0v) is 17.7. The molecule has 0 spiro atoms. The summed E-state index contributed by atoms with van der Waals surface area (Å²) in [6.07, 6.45) is 1.92. The molecule has 0 unspecified atom stereocenters. The summed E-state index contributed by atoms with van der Waals surface area (Å²) in [7, 11) is 0. The Bertz CT molecular complexity index is 1080. The van der Waals surface area contributed by atoms with Gasteiger partial charge in [0, 0.05) is 31.2 Å². The minimum absolute atomic E-state index is 0.0292. The fourth-order valence-electron chi connectivity index (χ4n) is 3.70. The molecule has 0 aliphatic carbocycles. The molecule has 0 radical (unpaired) electrons. The summed E-state index contributed by atoms with van der Waals surface area (Å²) in [6, 6.07) is 11.7. The topological polar surface area (TPSA) is 71.2 Å². The average molecular weight is 429 g/mol. The van der Waals surface area contributed by atoms with E-state index in [0.717, 1.165) is 34.4 Å². The van der Waals surface area contributed by atoms with Gasteiger partial charge in [-0.25, -0.2) is 4.68 Å². The average Bonchev–Trinajstić information content (AvgIpc) is 3.30. The van der Waals surface area contributed by atoms with Crippen molar-refractivity contribution in [1.29, 1.82) is 5.26 Å². The van der Waals surface area contributed by atoms with Crippen molar-refractivity contribution < 1.29 is 9.53 Å². The standard InChI is InChI=1S/C21H21ClN4O2S/c1-14-16-13-19(20(27)25(10-4-9-23)15-7-11-28-12-8-15)29-21(16)26(24-14)18-6-3-2-5-17(18)22/h2-3,5-6,13,15H,4,7-8,10-12H2,1H3. The van der Waals surface area contributed by atoms with Crippen LogP contribution in [0.1, 0.15) is 34.6 Å². The summed E-state index contributed by atoms with van der Waals surface area (Å²) in [5, 5.41) is 15.2. The summed E-state index contributed by atoms with van der Waals surface area (Å²) in [5.41, 5.74) is 1.64. The molecule has 0 atom stereocenters. The highest BCUT2D eigenvalue weighted by molar-refractivity contribution is 7.20. The lowest BCUT2D eigenvalue weighted by molar-refractivity contribution is 0.0299. The van der Waals surface area contributed by atoms with Crippen LogP contribution in [0, 0.1) is 18.3 Å². The molecule has 150 valence electrons. The van der Waals surface area contributed by atoms with Gasteiger partial charge in [0.15, 0.2) is 0 Å². The summed E-state index contributed by atoms with van der Waals surface area (Å²) in [4.78, 5) is 16.8. The van der Waals surface area contributed by atoms with E-state index in [-0.39, 0.29) is 11.9 Å². The number of benzene rings is 1. The number of para-hydroxylation sites is 1. The molecule has 6 nitrogen and oxygen atoms in total. The molecular weight excluding hydrogens is 408 g/mol. The maximum absolute atomic E-state index is 13.4. The van der Waals surface area contributed by atoms with Crippen LogP contribution in [0.5, 0.6) is 0 Å². The predicted octanol–water partition coefficient (Wildman–Crippen LogP) is 4.58. The molecule has 8 heteroatoms. The van der Waals surface area contributed by atoms with Crippen LogP contribution in [0.15, 0.2) is 30.3 Å². The Kier molecular flexibility index (Phi) is 5.86. The molecule has 0 bridgehead atoms. The van der Waals surface area contributed by atoms with Crippen LogP contribution in [0.3, 0.4) is 0 Å². The molecule has 1 saturated heterocycles. The van der Waals surface area contributed by atoms with E-state index in [2.05, 4.69) is 11.2 Å². The predicted molar refractivity (Wildman–Crippen MR) is 114 cm³/mol. The van der Waals surface area contributed by atoms with Gasteiger partial charge in [0.1, 0.15) is 4.83 Å². The van der Waals surface area contributed by atoms with Gasteiger partial charge >= 0.3 is 0 Å². The van der Waals surface area contributed by atoms with Crippen LogP contribution in [0.25, 0.3) is 15.9 Å². The first kappa shape index (κ1) is 19.9. The summed E-state index contributed by atoms with van der Waals surface area (Å²) in [6.45, 7) is 3.66. The number of carbonyl (C=O) groups excluding carboxylic acids is 1. The van der Waals surface area contributed by atoms with E-state index in [4.69, 9.17) is 21.6 Å². The number of fused-ring (bicyclic) bond motifs is 1. The van der Waals surface area contributed by atoms with Crippen LogP contribution < -0.4 is 0 Å². The SMILES string of the molecule is Cc1nn(-c2ccccc2Cl)c2sc(C(=O)N(CCC#N)C3CCOCC3)cc12. The van der Waals surface area contributed by atoms with Crippen molar-refractivity contribution in [2.24, 2.45) is 0 Å². The lowest BCUT2D eigenvalue weighted by Gasteiger charge is -2.33. The van der Waals surface area contributed by atoms with Crippen LogP contribution in [-0.4, -0.2) is 46.4 Å². The number of rotatable bonds is 5. The van der Waals surface area contributed by atoms with Gasteiger partial charge in [-0.1, -0.05) is 23.7 Å². The Hall–Kier alpha value is -2.40. The van der Waals surface area contributed by atoms with Gasteiger partial charge < -0.3 is 9.64 Å². The lowest BCUT2D eigenvalue weighted by atomic mass is 10.1. The molecule has 29 heavy (non-hydrogen) atoms. The molecule has 0 N–H and O–H groups in total. The lowest BCUT2D eigenvalue weighted by Crippen LogP contribution is -2.43. The number of aromatic nitrogens is 2. The molecule has 2 aromatic heterocycles. The summed E-state index contributed by atoms with van der Waals surface area (Å²) in [5.74, 6) is -0.0292. The van der Waals surface area contributed by atoms with E-state index < -0.39 is 0 Å². The van der Waals surface area contributed by atoms with Crippen LogP contribution in [0.4, 0.5) is 0 Å². The quantitative estimate of drug-likeness (QED) is 0.596. The van der Waals surface area contributed by atoms with Crippen molar-refractivity contribution in [3.63, 3.8) is 0 Å². The molecule has 1 fully saturated rings. The monoisotopic (exact) mass is 428 g/mol. The second-order valence-electron chi connectivity index (χ2n) is 7.03. The van der Waals surface area contributed by atoms with Crippen molar-refractivity contribution >= 4 is 39.1 Å². The Morgan fingerprint density at radius 2 is 2.17 bits per heavy atom. The summed E-state index contributed by atoms with van der Waals surface area (Å²) < 4.78 is 7.25. The van der Waals surface area contributed by atoms with Gasteiger partial charge in [0.2, 0.25) is 0 Å². The fourth-order valence-corrected chi connectivity index (χ4v) is 5.05. The molecule has 0 saturated carbocycles. The number of nitriles is 1. The van der Waals surface area contributed by atoms with Crippen LogP contribution in [-0.2, 0) is 4.74 Å². The number of aryl methyl sites for hydroxylation is 1. The van der Waals surface area contributed by atoms with Crippen molar-refractivity contribution in [2.45, 2.75) is 32.2 Å². The van der Waals surface area contributed by atoms with Gasteiger partial charge in [0.05, 0.1) is 33.8 Å². The third-order valence-electron chi connectivity index (χ3n) is 5.19. The molecule has 4 rings (SSSR count). The van der Waals surface area contributed by atoms with Crippen molar-refractivity contribution in [2.75, 3.05) is 19.8 Å². The number of halogens is 1. The molecule has 1 amide bonds. The molecular formula is C21H21ClN4O2S. The van der Waals surface area contributed by atoms with E-state index in [1.807, 2.05) is 46.8 Å². The van der Waals surface area contributed by atoms with Crippen molar-refractivity contribution in [3.05, 3.63) is 45.9 Å². The second kappa shape index (κ2) is 8.54. The zero-order chi connectivity index (χ0) is 20.4.